The van der Waals surface area contributed by atoms with Gasteiger partial charge in [0.1, 0.15) is 12.4 Å². The molecule has 0 aliphatic rings. The second kappa shape index (κ2) is 11.1. The van der Waals surface area contributed by atoms with Gasteiger partial charge in [0, 0.05) is 40.5 Å². The van der Waals surface area contributed by atoms with Gasteiger partial charge in [0.25, 0.3) is 0 Å². The van der Waals surface area contributed by atoms with Crippen molar-refractivity contribution in [2.45, 2.75) is 6.42 Å². The van der Waals surface area contributed by atoms with Crippen LogP contribution in [-0.4, -0.2) is 58.6 Å². The summed E-state index contributed by atoms with van der Waals surface area (Å²) in [6, 6.07) is 9.32. The van der Waals surface area contributed by atoms with Gasteiger partial charge in [-0.25, -0.2) is 0 Å². The maximum atomic E-state index is 8.85. The third-order valence-corrected chi connectivity index (χ3v) is 3.07. The Kier molecular flexibility index (Phi) is 9.21. The molecule has 0 saturated heterocycles. The van der Waals surface area contributed by atoms with Crippen molar-refractivity contribution in [3.05, 3.63) is 29.8 Å². The summed E-state index contributed by atoms with van der Waals surface area (Å²) >= 11 is 0. The van der Waals surface area contributed by atoms with Gasteiger partial charge in [-0.1, -0.05) is 6.07 Å². The van der Waals surface area contributed by atoms with Crippen molar-refractivity contribution in [3.63, 3.8) is 0 Å². The number of rotatable bonds is 11. The lowest BCUT2D eigenvalue weighted by Crippen LogP contribution is -2.33. The minimum absolute atomic E-state index is 0.589. The molecular weight excluding hydrogens is 268 g/mol. The predicted molar refractivity (Wildman–Crippen MR) is 81.5 cm³/mol. The molecule has 0 aliphatic heterocycles. The molecule has 0 amide bonds. The van der Waals surface area contributed by atoms with Crippen LogP contribution < -0.4 is 4.74 Å². The zero-order valence-electron chi connectivity index (χ0n) is 12.9. The maximum Gasteiger partial charge on any atom is 0.120 e. The molecule has 0 radical (unpaired) electrons. The summed E-state index contributed by atoms with van der Waals surface area (Å²) in [5.41, 5.74) is 0.615. The summed E-state index contributed by atoms with van der Waals surface area (Å²) < 4.78 is 15.9. The lowest BCUT2D eigenvalue weighted by atomic mass is 10.2. The summed E-state index contributed by atoms with van der Waals surface area (Å²) in [4.78, 5) is 2.29. The average molecular weight is 292 g/mol. The van der Waals surface area contributed by atoms with Gasteiger partial charge in [-0.2, -0.15) is 5.26 Å². The summed E-state index contributed by atoms with van der Waals surface area (Å²) in [6.07, 6.45) is 0.990. The van der Waals surface area contributed by atoms with Crippen molar-refractivity contribution in [1.82, 2.24) is 4.90 Å². The monoisotopic (exact) mass is 292 g/mol. The van der Waals surface area contributed by atoms with Gasteiger partial charge in [0.05, 0.1) is 18.2 Å². The second-order valence-electron chi connectivity index (χ2n) is 4.67. The van der Waals surface area contributed by atoms with Crippen LogP contribution in [0.3, 0.4) is 0 Å². The van der Waals surface area contributed by atoms with Crippen LogP contribution in [0.4, 0.5) is 0 Å². The topological polar surface area (TPSA) is 54.7 Å². The molecule has 1 rings (SSSR count). The first-order valence-electron chi connectivity index (χ1n) is 7.13. The molecule has 0 atom stereocenters. The number of benzene rings is 1. The number of ether oxygens (including phenoxy) is 3. The van der Waals surface area contributed by atoms with E-state index in [1.807, 2.05) is 12.1 Å². The van der Waals surface area contributed by atoms with Crippen LogP contribution in [-0.2, 0) is 9.47 Å². The molecule has 21 heavy (non-hydrogen) atoms. The molecule has 0 aromatic heterocycles. The number of methoxy groups -OCH3 is 2. The summed E-state index contributed by atoms with van der Waals surface area (Å²) in [5, 5.41) is 8.85. The van der Waals surface area contributed by atoms with Crippen LogP contribution >= 0.6 is 0 Å². The van der Waals surface area contributed by atoms with Crippen molar-refractivity contribution in [2.75, 3.05) is 53.7 Å². The highest BCUT2D eigenvalue weighted by Gasteiger charge is 2.05. The highest BCUT2D eigenvalue weighted by Crippen LogP contribution is 2.12. The third kappa shape index (κ3) is 7.66. The van der Waals surface area contributed by atoms with Gasteiger partial charge in [-0.3, -0.25) is 4.90 Å². The molecule has 0 fully saturated rings. The second-order valence-corrected chi connectivity index (χ2v) is 4.67. The quantitative estimate of drug-likeness (QED) is 0.583. The molecule has 0 spiro atoms. The molecule has 1 aromatic carbocycles. The first kappa shape index (κ1) is 17.4. The molecule has 0 saturated carbocycles. The van der Waals surface area contributed by atoms with E-state index in [-0.39, 0.29) is 0 Å². The Morgan fingerprint density at radius 2 is 1.81 bits per heavy atom. The Morgan fingerprint density at radius 3 is 2.52 bits per heavy atom. The Morgan fingerprint density at radius 1 is 1.05 bits per heavy atom. The lowest BCUT2D eigenvalue weighted by molar-refractivity contribution is 0.121. The molecular formula is C16H24N2O3. The highest BCUT2D eigenvalue weighted by atomic mass is 16.5. The Hall–Kier alpha value is -1.61. The fourth-order valence-corrected chi connectivity index (χ4v) is 1.94. The SMILES string of the molecule is COCCCN(CCOC)CCOc1cccc(C#N)c1. The van der Waals surface area contributed by atoms with Crippen LogP contribution in [0.1, 0.15) is 12.0 Å². The van der Waals surface area contributed by atoms with E-state index in [0.29, 0.717) is 18.8 Å². The van der Waals surface area contributed by atoms with Gasteiger partial charge in [0.15, 0.2) is 0 Å². The van der Waals surface area contributed by atoms with Crippen LogP contribution in [0.5, 0.6) is 5.75 Å². The molecule has 5 heteroatoms. The maximum absolute atomic E-state index is 8.85. The van der Waals surface area contributed by atoms with E-state index >= 15 is 0 Å². The minimum Gasteiger partial charge on any atom is -0.492 e. The van der Waals surface area contributed by atoms with Gasteiger partial charge in [-0.05, 0) is 24.6 Å². The first-order chi connectivity index (χ1) is 10.3. The molecule has 0 aliphatic carbocycles. The Bertz CT molecular complexity index is 432. The van der Waals surface area contributed by atoms with Crippen molar-refractivity contribution >= 4 is 0 Å². The highest BCUT2D eigenvalue weighted by molar-refractivity contribution is 5.36. The van der Waals surface area contributed by atoms with E-state index in [4.69, 9.17) is 19.5 Å². The predicted octanol–water partition coefficient (Wildman–Crippen LogP) is 1.92. The normalized spacial score (nSPS) is 10.6. The van der Waals surface area contributed by atoms with Crippen LogP contribution in [0.2, 0.25) is 0 Å². The van der Waals surface area contributed by atoms with Crippen molar-refractivity contribution < 1.29 is 14.2 Å². The van der Waals surface area contributed by atoms with E-state index < -0.39 is 0 Å². The number of nitriles is 1. The van der Waals surface area contributed by atoms with Crippen LogP contribution in [0.25, 0.3) is 0 Å². The van der Waals surface area contributed by atoms with Crippen LogP contribution in [0.15, 0.2) is 24.3 Å². The molecule has 0 unspecified atom stereocenters. The van der Waals surface area contributed by atoms with Gasteiger partial charge >= 0.3 is 0 Å². The molecule has 1 aromatic rings. The molecule has 5 nitrogen and oxygen atoms in total. The van der Waals surface area contributed by atoms with E-state index in [0.717, 1.165) is 38.4 Å². The van der Waals surface area contributed by atoms with Crippen LogP contribution in [0, 0.1) is 11.3 Å². The standard InChI is InChI=1S/C16H24N2O3/c1-19-10-4-7-18(8-11-20-2)9-12-21-16-6-3-5-15(13-16)14-17/h3,5-6,13H,4,7-12H2,1-2H3. The van der Waals surface area contributed by atoms with E-state index in [9.17, 15) is 0 Å². The summed E-state index contributed by atoms with van der Waals surface area (Å²) in [5.74, 6) is 0.734. The largest absolute Gasteiger partial charge is 0.492 e. The summed E-state index contributed by atoms with van der Waals surface area (Å²) in [7, 11) is 3.42. The minimum atomic E-state index is 0.589. The molecule has 0 bridgehead atoms. The zero-order chi connectivity index (χ0) is 15.3. The third-order valence-electron chi connectivity index (χ3n) is 3.07. The average Bonchev–Trinajstić information content (AvgIpc) is 2.52. The van der Waals surface area contributed by atoms with Gasteiger partial charge in [-0.15, -0.1) is 0 Å². The Labute approximate surface area is 127 Å². The molecule has 0 N–H and O–H groups in total. The smallest absolute Gasteiger partial charge is 0.120 e. The van der Waals surface area contributed by atoms with E-state index in [1.54, 1.807) is 26.4 Å². The number of hydrogen-bond donors (Lipinski definition) is 0. The van der Waals surface area contributed by atoms with Crippen molar-refractivity contribution in [2.24, 2.45) is 0 Å². The fraction of sp³-hybridized carbons (Fsp3) is 0.562. The van der Waals surface area contributed by atoms with Crippen molar-refractivity contribution in [3.8, 4) is 11.8 Å². The lowest BCUT2D eigenvalue weighted by Gasteiger charge is -2.21. The van der Waals surface area contributed by atoms with Gasteiger partial charge in [0.2, 0.25) is 0 Å². The van der Waals surface area contributed by atoms with Crippen molar-refractivity contribution in [1.29, 1.82) is 5.26 Å². The van der Waals surface area contributed by atoms with E-state index in [2.05, 4.69) is 11.0 Å². The fourth-order valence-electron chi connectivity index (χ4n) is 1.94. The first-order valence-corrected chi connectivity index (χ1v) is 7.13. The molecule has 0 heterocycles. The number of hydrogen-bond acceptors (Lipinski definition) is 5. The molecule has 116 valence electrons. The Balaban J connectivity index is 2.35. The van der Waals surface area contributed by atoms with Gasteiger partial charge < -0.3 is 14.2 Å². The van der Waals surface area contributed by atoms with E-state index in [1.165, 1.54) is 0 Å². The summed E-state index contributed by atoms with van der Waals surface area (Å²) in [6.45, 7) is 4.71. The number of nitrogens with zero attached hydrogens (tertiary/aromatic N) is 2. The zero-order valence-corrected chi connectivity index (χ0v) is 12.9.